The molecule has 2 fully saturated rings. The largest absolute Gasteiger partial charge is 0.497 e. The molecule has 2 saturated heterocycles. The first kappa shape index (κ1) is 11.1. The van der Waals surface area contributed by atoms with Gasteiger partial charge in [0.25, 0.3) is 0 Å². The molecule has 2 heteroatoms. The van der Waals surface area contributed by atoms with Gasteiger partial charge in [-0.3, -0.25) is 4.90 Å². The number of benzene rings is 1. The van der Waals surface area contributed by atoms with Gasteiger partial charge in [-0.15, -0.1) is 0 Å². The van der Waals surface area contributed by atoms with Crippen LogP contribution in [0.5, 0.6) is 5.75 Å². The van der Waals surface area contributed by atoms with Crippen LogP contribution in [0.4, 0.5) is 0 Å². The molecule has 92 valence electrons. The van der Waals surface area contributed by atoms with Crippen LogP contribution in [-0.2, 0) is 0 Å². The van der Waals surface area contributed by atoms with Crippen LogP contribution < -0.4 is 4.74 Å². The normalized spacial score (nSPS) is 29.0. The second-order valence-corrected chi connectivity index (χ2v) is 5.25. The number of piperidine rings is 1. The van der Waals surface area contributed by atoms with Crippen LogP contribution in [0.2, 0.25) is 0 Å². The predicted octanol–water partition coefficient (Wildman–Crippen LogP) is 3.38. The van der Waals surface area contributed by atoms with E-state index < -0.39 is 0 Å². The lowest BCUT2D eigenvalue weighted by Gasteiger charge is -2.38. The van der Waals surface area contributed by atoms with Crippen molar-refractivity contribution in [2.24, 2.45) is 0 Å². The number of hydrogen-bond donors (Lipinski definition) is 0. The van der Waals surface area contributed by atoms with Crippen molar-refractivity contribution in [2.75, 3.05) is 13.7 Å². The monoisotopic (exact) mass is 231 g/mol. The van der Waals surface area contributed by atoms with E-state index in [1.54, 1.807) is 7.11 Å². The number of methoxy groups -OCH3 is 1. The van der Waals surface area contributed by atoms with E-state index >= 15 is 0 Å². The molecule has 0 N–H and O–H groups in total. The SMILES string of the molecule is COc1ccc([C@@H]2CCC[C@@H]3CCCN32)cc1. The van der Waals surface area contributed by atoms with Gasteiger partial charge in [0, 0.05) is 12.1 Å². The Balaban J connectivity index is 1.81. The molecule has 2 atom stereocenters. The van der Waals surface area contributed by atoms with Crippen molar-refractivity contribution in [1.82, 2.24) is 4.90 Å². The van der Waals surface area contributed by atoms with E-state index in [1.165, 1.54) is 44.2 Å². The van der Waals surface area contributed by atoms with E-state index in [1.807, 2.05) is 0 Å². The fourth-order valence-corrected chi connectivity index (χ4v) is 3.48. The van der Waals surface area contributed by atoms with Crippen molar-refractivity contribution in [3.63, 3.8) is 0 Å². The quantitative estimate of drug-likeness (QED) is 0.773. The molecule has 0 unspecified atom stereocenters. The highest BCUT2D eigenvalue weighted by molar-refractivity contribution is 5.29. The molecule has 2 aliphatic rings. The summed E-state index contributed by atoms with van der Waals surface area (Å²) < 4.78 is 5.23. The van der Waals surface area contributed by atoms with Crippen molar-refractivity contribution < 1.29 is 4.74 Å². The minimum atomic E-state index is 0.655. The maximum absolute atomic E-state index is 5.23. The van der Waals surface area contributed by atoms with Crippen molar-refractivity contribution in [1.29, 1.82) is 0 Å². The number of nitrogens with zero attached hydrogens (tertiary/aromatic N) is 1. The molecule has 1 aromatic carbocycles. The average Bonchev–Trinajstić information content (AvgIpc) is 2.87. The topological polar surface area (TPSA) is 12.5 Å². The first-order valence-corrected chi connectivity index (χ1v) is 6.78. The summed E-state index contributed by atoms with van der Waals surface area (Å²) in [7, 11) is 1.73. The summed E-state index contributed by atoms with van der Waals surface area (Å²) in [5, 5.41) is 0. The van der Waals surface area contributed by atoms with E-state index in [0.717, 1.165) is 11.8 Å². The summed E-state index contributed by atoms with van der Waals surface area (Å²) in [5.74, 6) is 0.961. The predicted molar refractivity (Wildman–Crippen MR) is 69.3 cm³/mol. The minimum Gasteiger partial charge on any atom is -0.497 e. The van der Waals surface area contributed by atoms with E-state index in [9.17, 15) is 0 Å². The molecule has 0 aromatic heterocycles. The zero-order chi connectivity index (χ0) is 11.7. The van der Waals surface area contributed by atoms with Gasteiger partial charge in [0.05, 0.1) is 7.11 Å². The zero-order valence-electron chi connectivity index (χ0n) is 10.6. The third-order valence-electron chi connectivity index (χ3n) is 4.34. The molecule has 0 aliphatic carbocycles. The highest BCUT2D eigenvalue weighted by atomic mass is 16.5. The first-order valence-electron chi connectivity index (χ1n) is 6.78. The Kier molecular flexibility index (Phi) is 3.06. The molecular formula is C15H21NO. The fourth-order valence-electron chi connectivity index (χ4n) is 3.48. The molecular weight excluding hydrogens is 210 g/mol. The molecule has 0 amide bonds. The van der Waals surface area contributed by atoms with Gasteiger partial charge in [0.2, 0.25) is 0 Å². The number of hydrogen-bond acceptors (Lipinski definition) is 2. The van der Waals surface area contributed by atoms with Gasteiger partial charge in [-0.25, -0.2) is 0 Å². The van der Waals surface area contributed by atoms with E-state index in [-0.39, 0.29) is 0 Å². The fraction of sp³-hybridized carbons (Fsp3) is 0.600. The molecule has 2 nitrogen and oxygen atoms in total. The maximum Gasteiger partial charge on any atom is 0.118 e. The van der Waals surface area contributed by atoms with Gasteiger partial charge >= 0.3 is 0 Å². The summed E-state index contributed by atoms with van der Waals surface area (Å²) in [6, 6.07) is 10.2. The van der Waals surface area contributed by atoms with Gasteiger partial charge in [0.15, 0.2) is 0 Å². The third-order valence-corrected chi connectivity index (χ3v) is 4.34. The molecule has 17 heavy (non-hydrogen) atoms. The Morgan fingerprint density at radius 2 is 1.82 bits per heavy atom. The molecule has 1 aromatic rings. The molecule has 0 saturated carbocycles. The summed E-state index contributed by atoms with van der Waals surface area (Å²) >= 11 is 0. The number of fused-ring (bicyclic) bond motifs is 1. The Labute approximate surface area is 104 Å². The molecule has 0 spiro atoms. The van der Waals surface area contributed by atoms with Crippen molar-refractivity contribution in [3.05, 3.63) is 29.8 Å². The Morgan fingerprint density at radius 1 is 1.06 bits per heavy atom. The van der Waals surface area contributed by atoms with E-state index in [0.29, 0.717) is 6.04 Å². The molecule has 3 rings (SSSR count). The van der Waals surface area contributed by atoms with Gasteiger partial charge in [-0.1, -0.05) is 12.1 Å². The van der Waals surface area contributed by atoms with Crippen LogP contribution in [-0.4, -0.2) is 24.6 Å². The maximum atomic E-state index is 5.23. The van der Waals surface area contributed by atoms with Crippen LogP contribution in [0.1, 0.15) is 43.7 Å². The lowest BCUT2D eigenvalue weighted by atomic mass is 9.92. The zero-order valence-corrected chi connectivity index (χ0v) is 10.6. The smallest absolute Gasteiger partial charge is 0.118 e. The van der Waals surface area contributed by atoms with E-state index in [4.69, 9.17) is 4.74 Å². The highest BCUT2D eigenvalue weighted by Crippen LogP contribution is 2.39. The second kappa shape index (κ2) is 4.69. The van der Waals surface area contributed by atoms with Gasteiger partial charge in [-0.2, -0.15) is 0 Å². The molecule has 2 aliphatic heterocycles. The van der Waals surface area contributed by atoms with Gasteiger partial charge in [-0.05, 0) is 56.3 Å². The number of rotatable bonds is 2. The van der Waals surface area contributed by atoms with Crippen LogP contribution in [0.3, 0.4) is 0 Å². The Morgan fingerprint density at radius 3 is 2.59 bits per heavy atom. The minimum absolute atomic E-state index is 0.655. The molecule has 2 heterocycles. The lowest BCUT2D eigenvalue weighted by molar-refractivity contribution is 0.123. The summed E-state index contributed by atoms with van der Waals surface area (Å²) in [4.78, 5) is 2.73. The van der Waals surface area contributed by atoms with Crippen LogP contribution in [0.25, 0.3) is 0 Å². The Hall–Kier alpha value is -1.02. The summed E-state index contributed by atoms with van der Waals surface area (Å²) in [5.41, 5.74) is 1.47. The number of ether oxygens (including phenoxy) is 1. The first-order chi connectivity index (χ1) is 8.38. The van der Waals surface area contributed by atoms with Crippen LogP contribution >= 0.6 is 0 Å². The highest BCUT2D eigenvalue weighted by Gasteiger charge is 2.34. The molecule has 0 bridgehead atoms. The third kappa shape index (κ3) is 2.06. The van der Waals surface area contributed by atoms with Crippen LogP contribution in [0, 0.1) is 0 Å². The van der Waals surface area contributed by atoms with E-state index in [2.05, 4.69) is 29.2 Å². The Bertz CT molecular complexity index is 373. The summed E-state index contributed by atoms with van der Waals surface area (Å²) in [6.07, 6.45) is 6.91. The standard InChI is InChI=1S/C15H21NO/c1-17-14-9-7-12(8-10-14)15-6-2-4-13-5-3-11-16(13)15/h7-10,13,15H,2-6,11H2,1H3/t13-,15+/m1/s1. The van der Waals surface area contributed by atoms with Crippen molar-refractivity contribution >= 4 is 0 Å². The van der Waals surface area contributed by atoms with Gasteiger partial charge < -0.3 is 4.74 Å². The second-order valence-electron chi connectivity index (χ2n) is 5.25. The lowest BCUT2D eigenvalue weighted by Crippen LogP contribution is -2.37. The summed E-state index contributed by atoms with van der Waals surface area (Å²) in [6.45, 7) is 1.29. The van der Waals surface area contributed by atoms with Crippen molar-refractivity contribution in [3.8, 4) is 5.75 Å². The molecule has 0 radical (unpaired) electrons. The van der Waals surface area contributed by atoms with Crippen LogP contribution in [0.15, 0.2) is 24.3 Å². The van der Waals surface area contributed by atoms with Gasteiger partial charge in [0.1, 0.15) is 5.75 Å². The van der Waals surface area contributed by atoms with Crippen molar-refractivity contribution in [2.45, 2.75) is 44.2 Å². The average molecular weight is 231 g/mol.